The summed E-state index contributed by atoms with van der Waals surface area (Å²) in [6.45, 7) is -1.23. The van der Waals surface area contributed by atoms with Gasteiger partial charge in [-0.05, 0) is 52.0 Å². The Morgan fingerprint density at radius 2 is 2.03 bits per heavy atom. The molecule has 162 valence electrons. The number of aromatic nitrogens is 2. The Bertz CT molecular complexity index is 1340. The number of pyridine rings is 1. The van der Waals surface area contributed by atoms with Crippen LogP contribution in [0.2, 0.25) is 0 Å². The number of hydrogen-bond acceptors (Lipinski definition) is 5. The largest absolute Gasteiger partial charge is 0.494 e. The monoisotopic (exact) mass is 513 g/mol. The molecule has 3 aromatic rings. The van der Waals surface area contributed by atoms with E-state index in [1.165, 1.54) is 43.8 Å². The summed E-state index contributed by atoms with van der Waals surface area (Å²) in [6, 6.07) is 7.31. The van der Waals surface area contributed by atoms with Crippen LogP contribution in [-0.4, -0.2) is 43.7 Å². The van der Waals surface area contributed by atoms with E-state index in [4.69, 9.17) is 4.74 Å². The third-order valence-corrected chi connectivity index (χ3v) is 5.93. The molecule has 0 fully saturated rings. The number of halogens is 4. The van der Waals surface area contributed by atoms with E-state index in [1.807, 2.05) is 0 Å². The second kappa shape index (κ2) is 8.72. The highest BCUT2D eigenvalue weighted by Crippen LogP contribution is 2.30. The summed E-state index contributed by atoms with van der Waals surface area (Å²) < 4.78 is 69.2. The lowest BCUT2D eigenvalue weighted by molar-refractivity contribution is -0.140. The summed E-state index contributed by atoms with van der Waals surface area (Å²) in [5, 5.41) is 0.506. The molecule has 2 heterocycles. The Balaban J connectivity index is 1.97. The summed E-state index contributed by atoms with van der Waals surface area (Å²) in [5.74, 6) is 5.49. The van der Waals surface area contributed by atoms with Crippen LogP contribution in [0.15, 0.2) is 50.9 Å². The Morgan fingerprint density at radius 1 is 1.29 bits per heavy atom. The molecule has 0 N–H and O–H groups in total. The van der Waals surface area contributed by atoms with E-state index in [9.17, 15) is 21.6 Å². The van der Waals surface area contributed by atoms with Gasteiger partial charge in [-0.15, -0.1) is 0 Å². The first-order chi connectivity index (χ1) is 14.5. The first kappa shape index (κ1) is 22.8. The quantitative estimate of drug-likeness (QED) is 0.379. The third-order valence-electron chi connectivity index (χ3n) is 4.13. The van der Waals surface area contributed by atoms with Gasteiger partial charge in [0, 0.05) is 28.4 Å². The van der Waals surface area contributed by atoms with E-state index in [2.05, 4.69) is 37.7 Å². The van der Waals surface area contributed by atoms with Gasteiger partial charge in [0.15, 0.2) is 9.84 Å². The zero-order valence-electron chi connectivity index (χ0n) is 16.2. The van der Waals surface area contributed by atoms with E-state index >= 15 is 0 Å². The molecule has 2 aromatic heterocycles. The van der Waals surface area contributed by atoms with Crippen LogP contribution in [0.5, 0.6) is 5.75 Å². The number of benzene rings is 1. The smallest absolute Gasteiger partial charge is 0.406 e. The molecule has 0 spiro atoms. The number of hydrogen-bond donors (Lipinski definition) is 0. The number of aliphatic imine (C=N–C) groups is 1. The lowest BCUT2D eigenvalue weighted by atomic mass is 10.3. The molecule has 6 nitrogen and oxygen atoms in total. The maximum absolute atomic E-state index is 13.0. The van der Waals surface area contributed by atoms with Crippen molar-refractivity contribution >= 4 is 48.7 Å². The first-order valence-corrected chi connectivity index (χ1v) is 11.3. The van der Waals surface area contributed by atoms with E-state index in [1.54, 1.807) is 6.07 Å². The van der Waals surface area contributed by atoms with Gasteiger partial charge in [-0.25, -0.2) is 18.4 Å². The van der Waals surface area contributed by atoms with Crippen molar-refractivity contribution in [2.45, 2.75) is 17.6 Å². The van der Waals surface area contributed by atoms with Crippen LogP contribution >= 0.6 is 15.9 Å². The molecule has 0 bridgehead atoms. The number of sulfone groups is 1. The van der Waals surface area contributed by atoms with Crippen LogP contribution in [-0.2, 0) is 16.4 Å². The predicted octanol–water partition coefficient (Wildman–Crippen LogP) is 4.53. The second-order valence-corrected chi connectivity index (χ2v) is 9.26. The number of ether oxygens (including phenoxy) is 1. The van der Waals surface area contributed by atoms with Gasteiger partial charge in [0.25, 0.3) is 0 Å². The number of rotatable bonds is 4. The fourth-order valence-corrected chi connectivity index (χ4v) is 3.81. The molecule has 0 saturated heterocycles. The fourth-order valence-electron chi connectivity index (χ4n) is 2.76. The molecule has 0 radical (unpaired) electrons. The van der Waals surface area contributed by atoms with Gasteiger partial charge in [-0.1, -0.05) is 0 Å². The van der Waals surface area contributed by atoms with Crippen LogP contribution in [0.25, 0.3) is 11.0 Å². The molecule has 0 saturated carbocycles. The van der Waals surface area contributed by atoms with Crippen molar-refractivity contribution in [3.05, 3.63) is 46.7 Å². The average Bonchev–Trinajstić information content (AvgIpc) is 3.02. The number of fused-ring (bicyclic) bond motifs is 1. The van der Waals surface area contributed by atoms with Gasteiger partial charge < -0.3 is 9.30 Å². The van der Waals surface area contributed by atoms with E-state index in [-0.39, 0.29) is 22.0 Å². The average molecular weight is 514 g/mol. The second-order valence-electron chi connectivity index (χ2n) is 6.39. The van der Waals surface area contributed by atoms with Crippen molar-refractivity contribution < 1.29 is 26.3 Å². The van der Waals surface area contributed by atoms with Gasteiger partial charge in [-0.3, -0.25) is 0 Å². The number of alkyl halides is 3. The Morgan fingerprint density at radius 3 is 2.68 bits per heavy atom. The molecule has 0 amide bonds. The van der Waals surface area contributed by atoms with Crippen LogP contribution in [0, 0.1) is 11.8 Å². The molecule has 1 aromatic carbocycles. The molecule has 31 heavy (non-hydrogen) atoms. The van der Waals surface area contributed by atoms with Crippen LogP contribution in [0.4, 0.5) is 18.9 Å². The van der Waals surface area contributed by atoms with Crippen LogP contribution in [0.1, 0.15) is 5.69 Å². The minimum absolute atomic E-state index is 0.0733. The molecule has 11 heteroatoms. The molecule has 0 atom stereocenters. The minimum atomic E-state index is -4.45. The van der Waals surface area contributed by atoms with Crippen molar-refractivity contribution in [2.24, 2.45) is 4.99 Å². The molecule has 0 unspecified atom stereocenters. The van der Waals surface area contributed by atoms with Crippen molar-refractivity contribution in [1.29, 1.82) is 0 Å². The van der Waals surface area contributed by atoms with E-state index < -0.39 is 22.6 Å². The lowest BCUT2D eigenvalue weighted by Gasteiger charge is -2.10. The van der Waals surface area contributed by atoms with Gasteiger partial charge in [-0.2, -0.15) is 13.2 Å². The zero-order valence-corrected chi connectivity index (χ0v) is 18.6. The summed E-state index contributed by atoms with van der Waals surface area (Å²) in [7, 11) is -2.05. The SMILES string of the molecule is COc1cc(S(C)(=O)=O)ccc1N=CC#Cc1cc2c(Br)ccnc2n1CC(F)(F)F. The summed E-state index contributed by atoms with van der Waals surface area (Å²) in [4.78, 5) is 8.23. The minimum Gasteiger partial charge on any atom is -0.494 e. The highest BCUT2D eigenvalue weighted by Gasteiger charge is 2.30. The number of nitrogens with zero attached hydrogens (tertiary/aromatic N) is 3. The lowest BCUT2D eigenvalue weighted by Crippen LogP contribution is -2.18. The standard InChI is InChI=1S/C20H15BrF3N3O3S/c1-30-18-11-14(31(2,28)29)5-6-17(18)25-8-3-4-13-10-15-16(21)7-9-26-19(15)27(13)12-20(22,23)24/h5-11H,12H2,1-2H3. The molecular formula is C20H15BrF3N3O3S. The van der Waals surface area contributed by atoms with Gasteiger partial charge in [0.2, 0.25) is 0 Å². The Labute approximate surface area is 184 Å². The van der Waals surface area contributed by atoms with Crippen molar-refractivity contribution in [3.8, 4) is 17.6 Å². The summed E-state index contributed by atoms with van der Waals surface area (Å²) in [5.41, 5.74) is 0.605. The zero-order chi connectivity index (χ0) is 22.8. The molecule has 0 aliphatic heterocycles. The fraction of sp³-hybridized carbons (Fsp3) is 0.200. The molecular weight excluding hydrogens is 499 g/mol. The highest BCUT2D eigenvalue weighted by molar-refractivity contribution is 9.10. The van der Waals surface area contributed by atoms with Gasteiger partial charge in [0.05, 0.1) is 23.9 Å². The topological polar surface area (TPSA) is 73.6 Å². The third kappa shape index (κ3) is 5.45. The summed E-state index contributed by atoms with van der Waals surface area (Å²) >= 11 is 3.31. The van der Waals surface area contributed by atoms with E-state index in [0.717, 1.165) is 10.8 Å². The Hall–Kier alpha value is -2.84. The summed E-state index contributed by atoms with van der Waals surface area (Å²) in [6.07, 6.45) is -0.765. The first-order valence-electron chi connectivity index (χ1n) is 8.62. The van der Waals surface area contributed by atoms with Gasteiger partial charge >= 0.3 is 6.18 Å². The molecule has 0 aliphatic carbocycles. The van der Waals surface area contributed by atoms with Gasteiger partial charge in [0.1, 0.15) is 23.6 Å². The van der Waals surface area contributed by atoms with Crippen LogP contribution < -0.4 is 4.74 Å². The van der Waals surface area contributed by atoms with Crippen LogP contribution in [0.3, 0.4) is 0 Å². The highest BCUT2D eigenvalue weighted by atomic mass is 79.9. The van der Waals surface area contributed by atoms with E-state index in [0.29, 0.717) is 15.5 Å². The van der Waals surface area contributed by atoms with Crippen molar-refractivity contribution in [1.82, 2.24) is 9.55 Å². The molecule has 0 aliphatic rings. The van der Waals surface area contributed by atoms with Crippen molar-refractivity contribution in [2.75, 3.05) is 13.4 Å². The Kier molecular flexibility index (Phi) is 6.43. The maximum Gasteiger partial charge on any atom is 0.406 e. The predicted molar refractivity (Wildman–Crippen MR) is 115 cm³/mol. The van der Waals surface area contributed by atoms with Crippen molar-refractivity contribution in [3.63, 3.8) is 0 Å². The molecule has 3 rings (SSSR count). The maximum atomic E-state index is 13.0. The normalized spacial score (nSPS) is 12.2. The number of methoxy groups -OCH3 is 1.